The molecule has 0 bridgehead atoms. The highest BCUT2D eigenvalue weighted by Gasteiger charge is 2.11. The number of hydrogen-bond donors (Lipinski definition) is 1. The monoisotopic (exact) mass is 293 g/mol. The van der Waals surface area contributed by atoms with Crippen molar-refractivity contribution in [1.82, 2.24) is 0 Å². The van der Waals surface area contributed by atoms with Crippen molar-refractivity contribution < 1.29 is 9.50 Å². The quantitative estimate of drug-likeness (QED) is 0.914. The molecular weight excluding hydrogens is 277 g/mol. The summed E-state index contributed by atoms with van der Waals surface area (Å²) in [6.07, 6.45) is -0.670. The van der Waals surface area contributed by atoms with E-state index in [4.69, 9.17) is 11.6 Å². The molecule has 0 heterocycles. The van der Waals surface area contributed by atoms with Crippen LogP contribution in [0.5, 0.6) is 0 Å². The number of aliphatic hydroxyl groups excluding tert-OH is 1. The van der Waals surface area contributed by atoms with Crippen LogP contribution in [0.3, 0.4) is 0 Å². The molecule has 20 heavy (non-hydrogen) atoms. The van der Waals surface area contributed by atoms with Gasteiger partial charge in [-0.2, -0.15) is 0 Å². The van der Waals surface area contributed by atoms with Crippen LogP contribution in [0.25, 0.3) is 0 Å². The molecule has 0 aliphatic heterocycles. The fourth-order valence-electron chi connectivity index (χ4n) is 2.09. The van der Waals surface area contributed by atoms with Crippen molar-refractivity contribution in [3.05, 3.63) is 64.4 Å². The van der Waals surface area contributed by atoms with E-state index in [1.54, 1.807) is 19.1 Å². The summed E-state index contributed by atoms with van der Waals surface area (Å²) in [5, 5.41) is 10.1. The average Bonchev–Trinajstić information content (AvgIpc) is 2.38. The lowest BCUT2D eigenvalue weighted by Gasteiger charge is -2.21. The number of anilines is 1. The second-order valence-corrected chi connectivity index (χ2v) is 5.31. The van der Waals surface area contributed by atoms with E-state index in [0.29, 0.717) is 22.8 Å². The van der Waals surface area contributed by atoms with Crippen LogP contribution in [-0.2, 0) is 6.54 Å². The number of benzene rings is 2. The highest BCUT2D eigenvalue weighted by atomic mass is 35.5. The summed E-state index contributed by atoms with van der Waals surface area (Å²) in [7, 11) is 1.82. The highest BCUT2D eigenvalue weighted by molar-refractivity contribution is 6.30. The van der Waals surface area contributed by atoms with Gasteiger partial charge in [-0.25, -0.2) is 4.39 Å². The maximum atomic E-state index is 14.1. The highest BCUT2D eigenvalue weighted by Crippen LogP contribution is 2.24. The Bertz CT molecular complexity index is 601. The molecule has 2 aromatic rings. The average molecular weight is 294 g/mol. The molecule has 0 radical (unpaired) electrons. The Morgan fingerprint density at radius 3 is 2.60 bits per heavy atom. The zero-order chi connectivity index (χ0) is 14.7. The van der Waals surface area contributed by atoms with E-state index >= 15 is 0 Å². The third kappa shape index (κ3) is 3.50. The maximum Gasteiger partial charge on any atom is 0.146 e. The topological polar surface area (TPSA) is 23.5 Å². The first kappa shape index (κ1) is 14.8. The Balaban J connectivity index is 2.19. The molecule has 0 unspecified atom stereocenters. The van der Waals surface area contributed by atoms with Crippen LogP contribution in [0.2, 0.25) is 5.02 Å². The number of hydrogen-bond acceptors (Lipinski definition) is 2. The Morgan fingerprint density at radius 2 is 2.00 bits per heavy atom. The SMILES string of the molecule is C[C@@H](O)c1ccc(N(C)Cc2cccc(Cl)c2)c(F)c1. The third-order valence-electron chi connectivity index (χ3n) is 3.17. The molecule has 4 heteroatoms. The Kier molecular flexibility index (Phi) is 4.63. The van der Waals surface area contributed by atoms with E-state index < -0.39 is 6.10 Å². The fraction of sp³-hybridized carbons (Fsp3) is 0.250. The number of aliphatic hydroxyl groups is 1. The lowest BCUT2D eigenvalue weighted by Crippen LogP contribution is -2.17. The molecule has 0 aromatic heterocycles. The van der Waals surface area contributed by atoms with Crippen LogP contribution in [-0.4, -0.2) is 12.2 Å². The minimum absolute atomic E-state index is 0.340. The molecule has 0 spiro atoms. The van der Waals surface area contributed by atoms with Crippen LogP contribution in [0, 0.1) is 5.82 Å². The van der Waals surface area contributed by atoms with Gasteiger partial charge < -0.3 is 10.0 Å². The van der Waals surface area contributed by atoms with Crippen LogP contribution < -0.4 is 4.90 Å². The first-order chi connectivity index (χ1) is 9.47. The van der Waals surface area contributed by atoms with Crippen molar-refractivity contribution in [3.8, 4) is 0 Å². The van der Waals surface area contributed by atoms with Crippen molar-refractivity contribution in [3.63, 3.8) is 0 Å². The van der Waals surface area contributed by atoms with Gasteiger partial charge in [0.2, 0.25) is 0 Å². The lowest BCUT2D eigenvalue weighted by molar-refractivity contribution is 0.199. The predicted octanol–water partition coefficient (Wildman–Crippen LogP) is 4.17. The zero-order valence-electron chi connectivity index (χ0n) is 11.5. The van der Waals surface area contributed by atoms with Gasteiger partial charge in [0, 0.05) is 18.6 Å². The Hall–Kier alpha value is -1.58. The standard InChI is InChI=1S/C16H17ClFNO/c1-11(20)13-6-7-16(15(18)9-13)19(2)10-12-4-3-5-14(17)8-12/h3-9,11,20H,10H2,1-2H3/t11-/m1/s1. The molecule has 1 atom stereocenters. The summed E-state index contributed by atoms with van der Waals surface area (Å²) in [4.78, 5) is 1.81. The molecule has 2 nitrogen and oxygen atoms in total. The molecular formula is C16H17ClFNO. The smallest absolute Gasteiger partial charge is 0.146 e. The second-order valence-electron chi connectivity index (χ2n) is 4.87. The van der Waals surface area contributed by atoms with Gasteiger partial charge in [-0.3, -0.25) is 0 Å². The molecule has 0 amide bonds. The summed E-state index contributed by atoms with van der Waals surface area (Å²) in [5.41, 5.74) is 2.08. The van der Waals surface area contributed by atoms with Crippen molar-refractivity contribution >= 4 is 17.3 Å². The first-order valence-corrected chi connectivity index (χ1v) is 6.78. The molecule has 0 fully saturated rings. The van der Waals surface area contributed by atoms with Gasteiger partial charge >= 0.3 is 0 Å². The molecule has 2 aromatic carbocycles. The van der Waals surface area contributed by atoms with Gasteiger partial charge in [-0.1, -0.05) is 29.8 Å². The fourth-order valence-corrected chi connectivity index (χ4v) is 2.30. The summed E-state index contributed by atoms with van der Waals surface area (Å²) in [6.45, 7) is 2.18. The number of rotatable bonds is 4. The van der Waals surface area contributed by atoms with E-state index in [9.17, 15) is 9.50 Å². The van der Waals surface area contributed by atoms with Crippen molar-refractivity contribution in [2.75, 3.05) is 11.9 Å². The first-order valence-electron chi connectivity index (χ1n) is 6.40. The van der Waals surface area contributed by atoms with E-state index in [1.165, 1.54) is 6.07 Å². The Morgan fingerprint density at radius 1 is 1.25 bits per heavy atom. The van der Waals surface area contributed by atoms with Crippen LogP contribution in [0.1, 0.15) is 24.2 Å². The number of halogens is 2. The van der Waals surface area contributed by atoms with Gasteiger partial charge in [-0.15, -0.1) is 0 Å². The second kappa shape index (κ2) is 6.25. The lowest BCUT2D eigenvalue weighted by atomic mass is 10.1. The summed E-state index contributed by atoms with van der Waals surface area (Å²) in [5.74, 6) is -0.340. The van der Waals surface area contributed by atoms with Crippen molar-refractivity contribution in [2.45, 2.75) is 19.6 Å². The molecule has 0 saturated heterocycles. The van der Waals surface area contributed by atoms with Crippen molar-refractivity contribution in [2.24, 2.45) is 0 Å². The van der Waals surface area contributed by atoms with Crippen LogP contribution in [0.4, 0.5) is 10.1 Å². The van der Waals surface area contributed by atoms with Gasteiger partial charge in [0.15, 0.2) is 0 Å². The molecule has 106 valence electrons. The summed E-state index contributed by atoms with van der Waals surface area (Å²) < 4.78 is 14.1. The van der Waals surface area contributed by atoms with Gasteiger partial charge in [0.1, 0.15) is 5.82 Å². The maximum absolute atomic E-state index is 14.1. The molecule has 0 saturated carbocycles. The molecule has 0 aliphatic carbocycles. The third-order valence-corrected chi connectivity index (χ3v) is 3.41. The van der Waals surface area contributed by atoms with Crippen molar-refractivity contribution in [1.29, 1.82) is 0 Å². The minimum Gasteiger partial charge on any atom is -0.389 e. The normalized spacial score (nSPS) is 12.2. The predicted molar refractivity (Wildman–Crippen MR) is 80.6 cm³/mol. The van der Waals surface area contributed by atoms with E-state index in [2.05, 4.69) is 0 Å². The van der Waals surface area contributed by atoms with Gasteiger partial charge in [0.25, 0.3) is 0 Å². The zero-order valence-corrected chi connectivity index (χ0v) is 12.2. The summed E-state index contributed by atoms with van der Waals surface area (Å²) >= 11 is 5.94. The summed E-state index contributed by atoms with van der Waals surface area (Å²) in [6, 6.07) is 12.3. The van der Waals surface area contributed by atoms with E-state index in [1.807, 2.05) is 36.2 Å². The van der Waals surface area contributed by atoms with E-state index in [0.717, 1.165) is 5.56 Å². The molecule has 2 rings (SSSR count). The molecule has 0 aliphatic rings. The van der Waals surface area contributed by atoms with Crippen LogP contribution >= 0.6 is 11.6 Å². The Labute approximate surface area is 123 Å². The van der Waals surface area contributed by atoms with Crippen LogP contribution in [0.15, 0.2) is 42.5 Å². The number of nitrogens with zero attached hydrogens (tertiary/aromatic N) is 1. The molecule has 1 N–H and O–H groups in total. The minimum atomic E-state index is -0.670. The van der Waals surface area contributed by atoms with Gasteiger partial charge in [0.05, 0.1) is 11.8 Å². The van der Waals surface area contributed by atoms with E-state index in [-0.39, 0.29) is 5.82 Å². The van der Waals surface area contributed by atoms with Gasteiger partial charge in [-0.05, 0) is 42.3 Å². The largest absolute Gasteiger partial charge is 0.389 e.